The number of nitrogens with two attached hydrogens (primary N) is 1. The third-order valence-electron chi connectivity index (χ3n) is 2.29. The summed E-state index contributed by atoms with van der Waals surface area (Å²) in [6.45, 7) is 0. The van der Waals surface area contributed by atoms with Crippen LogP contribution in [0.1, 0.15) is 32.1 Å². The Hall–Kier alpha value is -0.570. The maximum Gasteiger partial charge on any atom is 0.303 e. The van der Waals surface area contributed by atoms with Gasteiger partial charge in [0, 0.05) is 12.5 Å². The fourth-order valence-electron chi connectivity index (χ4n) is 1.76. The Morgan fingerprint density at radius 2 is 2.27 bits per heavy atom. The predicted molar refractivity (Wildman–Crippen MR) is 42.2 cm³/mol. The zero-order valence-corrected chi connectivity index (χ0v) is 6.62. The predicted octanol–water partition coefficient (Wildman–Crippen LogP) is 0.979. The first-order valence-electron chi connectivity index (χ1n) is 4.16. The van der Waals surface area contributed by atoms with E-state index in [0.29, 0.717) is 12.3 Å². The van der Waals surface area contributed by atoms with Crippen LogP contribution in [0.5, 0.6) is 0 Å². The van der Waals surface area contributed by atoms with E-state index in [-0.39, 0.29) is 6.04 Å². The second-order valence-corrected chi connectivity index (χ2v) is 3.39. The van der Waals surface area contributed by atoms with E-state index in [1.807, 2.05) is 0 Å². The van der Waals surface area contributed by atoms with Gasteiger partial charge in [0.2, 0.25) is 0 Å². The molecule has 0 amide bonds. The van der Waals surface area contributed by atoms with Crippen molar-refractivity contribution in [3.8, 4) is 0 Å². The molecule has 1 aliphatic carbocycles. The van der Waals surface area contributed by atoms with E-state index in [4.69, 9.17) is 10.8 Å². The average Bonchev–Trinajstić information content (AvgIpc) is 1.85. The van der Waals surface area contributed by atoms with Gasteiger partial charge in [-0.3, -0.25) is 4.79 Å². The van der Waals surface area contributed by atoms with Gasteiger partial charge in [0.1, 0.15) is 0 Å². The van der Waals surface area contributed by atoms with E-state index in [9.17, 15) is 4.79 Å². The first kappa shape index (κ1) is 8.53. The zero-order chi connectivity index (χ0) is 8.27. The van der Waals surface area contributed by atoms with Crippen molar-refractivity contribution >= 4 is 5.97 Å². The van der Waals surface area contributed by atoms with Crippen LogP contribution in [-0.4, -0.2) is 17.1 Å². The largest absolute Gasteiger partial charge is 0.481 e. The van der Waals surface area contributed by atoms with Crippen molar-refractivity contribution in [2.24, 2.45) is 11.7 Å². The Morgan fingerprint density at radius 1 is 1.55 bits per heavy atom. The van der Waals surface area contributed by atoms with Crippen LogP contribution in [0.25, 0.3) is 0 Å². The molecule has 0 heterocycles. The molecule has 3 N–H and O–H groups in total. The number of rotatable bonds is 2. The molecule has 1 aliphatic rings. The molecule has 0 aromatic carbocycles. The lowest BCUT2D eigenvalue weighted by Gasteiger charge is -2.24. The number of aliphatic carboxylic acids is 1. The molecule has 0 bridgehead atoms. The number of carbonyl (C=O) groups is 1. The standard InChI is InChI=1S/C8H15NO2/c9-7-3-1-2-6(4-7)5-8(10)11/h6-7H,1-5,9H2,(H,10,11). The lowest BCUT2D eigenvalue weighted by molar-refractivity contribution is -0.138. The Kier molecular flexibility index (Phi) is 2.88. The van der Waals surface area contributed by atoms with E-state index in [0.717, 1.165) is 25.7 Å². The van der Waals surface area contributed by atoms with Gasteiger partial charge in [0.25, 0.3) is 0 Å². The summed E-state index contributed by atoms with van der Waals surface area (Å²) in [7, 11) is 0. The molecule has 64 valence electrons. The van der Waals surface area contributed by atoms with Gasteiger partial charge in [0.05, 0.1) is 0 Å². The Labute approximate surface area is 66.6 Å². The first-order chi connectivity index (χ1) is 5.18. The molecule has 2 atom stereocenters. The molecule has 1 fully saturated rings. The Bertz CT molecular complexity index is 147. The number of hydrogen-bond acceptors (Lipinski definition) is 2. The quantitative estimate of drug-likeness (QED) is 0.628. The van der Waals surface area contributed by atoms with Crippen molar-refractivity contribution in [1.82, 2.24) is 0 Å². The fraction of sp³-hybridized carbons (Fsp3) is 0.875. The third kappa shape index (κ3) is 2.89. The number of carboxylic acid groups (broad SMARTS) is 1. The van der Waals surface area contributed by atoms with Crippen LogP contribution in [-0.2, 0) is 4.79 Å². The van der Waals surface area contributed by atoms with Crippen LogP contribution in [0.3, 0.4) is 0 Å². The summed E-state index contributed by atoms with van der Waals surface area (Å²) in [6.07, 6.45) is 4.40. The summed E-state index contributed by atoms with van der Waals surface area (Å²) >= 11 is 0. The van der Waals surface area contributed by atoms with Crippen molar-refractivity contribution in [2.45, 2.75) is 38.1 Å². The molecule has 0 saturated heterocycles. The molecule has 1 rings (SSSR count). The summed E-state index contributed by atoms with van der Waals surface area (Å²) in [5.41, 5.74) is 5.71. The molecular formula is C8H15NO2. The maximum atomic E-state index is 10.3. The molecule has 3 heteroatoms. The lowest BCUT2D eigenvalue weighted by atomic mass is 9.84. The van der Waals surface area contributed by atoms with E-state index in [2.05, 4.69) is 0 Å². The molecule has 11 heavy (non-hydrogen) atoms. The second-order valence-electron chi connectivity index (χ2n) is 3.39. The summed E-state index contributed by atoms with van der Waals surface area (Å²) in [4.78, 5) is 10.3. The number of carboxylic acids is 1. The van der Waals surface area contributed by atoms with Gasteiger partial charge in [0.15, 0.2) is 0 Å². The van der Waals surface area contributed by atoms with Gasteiger partial charge < -0.3 is 10.8 Å². The van der Waals surface area contributed by atoms with Gasteiger partial charge in [-0.1, -0.05) is 6.42 Å². The summed E-state index contributed by atoms with van der Waals surface area (Å²) in [5, 5.41) is 8.51. The highest BCUT2D eigenvalue weighted by atomic mass is 16.4. The Morgan fingerprint density at radius 3 is 2.82 bits per heavy atom. The third-order valence-corrected chi connectivity index (χ3v) is 2.29. The van der Waals surface area contributed by atoms with Crippen molar-refractivity contribution < 1.29 is 9.90 Å². The van der Waals surface area contributed by atoms with Crippen LogP contribution in [0, 0.1) is 5.92 Å². The molecular weight excluding hydrogens is 142 g/mol. The normalized spacial score (nSPS) is 31.7. The first-order valence-corrected chi connectivity index (χ1v) is 4.16. The minimum absolute atomic E-state index is 0.244. The van der Waals surface area contributed by atoms with E-state index < -0.39 is 5.97 Å². The van der Waals surface area contributed by atoms with E-state index in [1.54, 1.807) is 0 Å². The maximum absolute atomic E-state index is 10.3. The van der Waals surface area contributed by atoms with Gasteiger partial charge in [-0.2, -0.15) is 0 Å². The van der Waals surface area contributed by atoms with Crippen LogP contribution in [0.15, 0.2) is 0 Å². The van der Waals surface area contributed by atoms with Gasteiger partial charge in [-0.15, -0.1) is 0 Å². The molecule has 3 nitrogen and oxygen atoms in total. The monoisotopic (exact) mass is 157 g/mol. The highest BCUT2D eigenvalue weighted by Crippen LogP contribution is 2.25. The Balaban J connectivity index is 2.28. The molecule has 2 unspecified atom stereocenters. The average molecular weight is 157 g/mol. The van der Waals surface area contributed by atoms with E-state index in [1.165, 1.54) is 0 Å². The van der Waals surface area contributed by atoms with Crippen molar-refractivity contribution in [3.63, 3.8) is 0 Å². The molecule has 0 radical (unpaired) electrons. The van der Waals surface area contributed by atoms with Crippen LogP contribution in [0.2, 0.25) is 0 Å². The van der Waals surface area contributed by atoms with E-state index >= 15 is 0 Å². The van der Waals surface area contributed by atoms with Crippen LogP contribution >= 0.6 is 0 Å². The highest BCUT2D eigenvalue weighted by Gasteiger charge is 2.20. The van der Waals surface area contributed by atoms with Gasteiger partial charge in [-0.25, -0.2) is 0 Å². The van der Waals surface area contributed by atoms with Crippen molar-refractivity contribution in [2.75, 3.05) is 0 Å². The SMILES string of the molecule is NC1CCCC(CC(=O)O)C1. The molecule has 1 saturated carbocycles. The number of hydrogen-bond donors (Lipinski definition) is 2. The van der Waals surface area contributed by atoms with Crippen molar-refractivity contribution in [1.29, 1.82) is 0 Å². The summed E-state index contributed by atoms with van der Waals surface area (Å²) in [5.74, 6) is -0.361. The fourth-order valence-corrected chi connectivity index (χ4v) is 1.76. The van der Waals surface area contributed by atoms with Crippen LogP contribution < -0.4 is 5.73 Å². The van der Waals surface area contributed by atoms with Crippen LogP contribution in [0.4, 0.5) is 0 Å². The topological polar surface area (TPSA) is 63.3 Å². The minimum atomic E-state index is -0.691. The molecule has 0 aliphatic heterocycles. The molecule has 0 aromatic heterocycles. The summed E-state index contributed by atoms with van der Waals surface area (Å²) in [6, 6.07) is 0.244. The smallest absolute Gasteiger partial charge is 0.303 e. The minimum Gasteiger partial charge on any atom is -0.481 e. The molecule has 0 spiro atoms. The van der Waals surface area contributed by atoms with Crippen molar-refractivity contribution in [3.05, 3.63) is 0 Å². The zero-order valence-electron chi connectivity index (χ0n) is 6.62. The second kappa shape index (κ2) is 3.72. The van der Waals surface area contributed by atoms with Gasteiger partial charge in [-0.05, 0) is 25.2 Å². The summed E-state index contributed by atoms with van der Waals surface area (Å²) < 4.78 is 0. The molecule has 0 aromatic rings. The van der Waals surface area contributed by atoms with Gasteiger partial charge >= 0.3 is 5.97 Å². The highest BCUT2D eigenvalue weighted by molar-refractivity contribution is 5.67. The lowest BCUT2D eigenvalue weighted by Crippen LogP contribution is -2.28.